The quantitative estimate of drug-likeness (QED) is 0.396. The molecule has 2 fully saturated rings. The van der Waals surface area contributed by atoms with Crippen LogP contribution in [-0.2, 0) is 16.1 Å². The maximum atomic E-state index is 13.4. The molecule has 0 atom stereocenters. The standard InChI is InChI=1S/C24H22N4O4S2/c1-31-17-7-5-16(6-8-17)15-28-23(30)19(34-24(28)33)14-18-21(26-10-12-32-13-11-26)25-20-4-2-3-9-27(20)22(18)29/h2-9,14H,10-13,15H2,1H3/b19-14-. The highest BCUT2D eigenvalue weighted by Gasteiger charge is 2.33. The molecule has 2 aromatic heterocycles. The second-order valence-corrected chi connectivity index (χ2v) is 9.47. The minimum Gasteiger partial charge on any atom is -0.497 e. The zero-order valence-corrected chi connectivity index (χ0v) is 20.1. The van der Waals surface area contributed by atoms with Crippen LogP contribution in [-0.4, -0.2) is 57.9 Å². The van der Waals surface area contributed by atoms with E-state index >= 15 is 0 Å². The fourth-order valence-corrected chi connectivity index (χ4v) is 5.15. The van der Waals surface area contributed by atoms with Crippen LogP contribution in [0.1, 0.15) is 11.1 Å². The van der Waals surface area contributed by atoms with Gasteiger partial charge in [0.15, 0.2) is 0 Å². The Bertz CT molecular complexity index is 1350. The summed E-state index contributed by atoms with van der Waals surface area (Å²) in [4.78, 5) is 35.5. The summed E-state index contributed by atoms with van der Waals surface area (Å²) in [5.41, 5.74) is 1.63. The van der Waals surface area contributed by atoms with Crippen molar-refractivity contribution in [3.8, 4) is 5.75 Å². The van der Waals surface area contributed by atoms with Crippen LogP contribution in [0.5, 0.6) is 5.75 Å². The first-order valence-electron chi connectivity index (χ1n) is 10.8. The smallest absolute Gasteiger partial charge is 0.267 e. The van der Waals surface area contributed by atoms with Gasteiger partial charge in [-0.25, -0.2) is 4.98 Å². The van der Waals surface area contributed by atoms with Gasteiger partial charge in [-0.15, -0.1) is 0 Å². The van der Waals surface area contributed by atoms with Crippen LogP contribution in [0.4, 0.5) is 5.82 Å². The molecule has 0 bridgehead atoms. The van der Waals surface area contributed by atoms with E-state index in [9.17, 15) is 9.59 Å². The van der Waals surface area contributed by atoms with Gasteiger partial charge in [-0.1, -0.05) is 42.2 Å². The number of rotatable bonds is 5. The van der Waals surface area contributed by atoms with Gasteiger partial charge in [0, 0.05) is 19.3 Å². The number of methoxy groups -OCH3 is 1. The largest absolute Gasteiger partial charge is 0.497 e. The highest BCUT2D eigenvalue weighted by molar-refractivity contribution is 8.26. The lowest BCUT2D eigenvalue weighted by Crippen LogP contribution is -2.38. The monoisotopic (exact) mass is 494 g/mol. The summed E-state index contributed by atoms with van der Waals surface area (Å²) in [6.45, 7) is 2.69. The number of aromatic nitrogens is 2. The van der Waals surface area contributed by atoms with Gasteiger partial charge in [0.2, 0.25) is 0 Å². The Hall–Kier alpha value is -3.21. The van der Waals surface area contributed by atoms with Crippen molar-refractivity contribution in [2.24, 2.45) is 0 Å². The predicted molar refractivity (Wildman–Crippen MR) is 136 cm³/mol. The number of amides is 1. The number of thioether (sulfide) groups is 1. The average Bonchev–Trinajstić information content (AvgIpc) is 3.14. The van der Waals surface area contributed by atoms with Crippen molar-refractivity contribution >= 4 is 51.7 Å². The minimum absolute atomic E-state index is 0.226. The molecule has 2 saturated heterocycles. The highest BCUT2D eigenvalue weighted by atomic mass is 32.2. The lowest BCUT2D eigenvalue weighted by Gasteiger charge is -2.29. The molecule has 2 aliphatic rings. The molecule has 0 spiro atoms. The molecule has 5 rings (SSSR count). The number of carbonyl (C=O) groups excluding carboxylic acids is 1. The van der Waals surface area contributed by atoms with E-state index in [2.05, 4.69) is 0 Å². The van der Waals surface area contributed by atoms with Crippen molar-refractivity contribution in [2.45, 2.75) is 6.54 Å². The number of benzene rings is 1. The van der Waals surface area contributed by atoms with Crippen molar-refractivity contribution in [3.05, 3.63) is 75.0 Å². The van der Waals surface area contributed by atoms with Gasteiger partial charge < -0.3 is 14.4 Å². The highest BCUT2D eigenvalue weighted by Crippen LogP contribution is 2.34. The molecule has 4 heterocycles. The second kappa shape index (κ2) is 9.57. The van der Waals surface area contributed by atoms with E-state index in [1.165, 1.54) is 16.2 Å². The summed E-state index contributed by atoms with van der Waals surface area (Å²) in [5.74, 6) is 1.07. The van der Waals surface area contributed by atoms with Gasteiger partial charge in [0.25, 0.3) is 11.5 Å². The summed E-state index contributed by atoms with van der Waals surface area (Å²) in [7, 11) is 1.61. The fraction of sp³-hybridized carbons (Fsp3) is 0.250. The van der Waals surface area contributed by atoms with E-state index in [4.69, 9.17) is 26.7 Å². The molecule has 10 heteroatoms. The third-order valence-electron chi connectivity index (χ3n) is 5.71. The van der Waals surface area contributed by atoms with E-state index in [0.29, 0.717) is 59.1 Å². The Kier molecular flexibility index (Phi) is 6.36. The van der Waals surface area contributed by atoms with Crippen molar-refractivity contribution < 1.29 is 14.3 Å². The van der Waals surface area contributed by atoms with Gasteiger partial charge in [0.05, 0.1) is 37.3 Å². The van der Waals surface area contributed by atoms with Gasteiger partial charge >= 0.3 is 0 Å². The molecular weight excluding hydrogens is 472 g/mol. The van der Waals surface area contributed by atoms with Gasteiger partial charge in [-0.3, -0.25) is 18.9 Å². The van der Waals surface area contributed by atoms with Crippen LogP contribution in [0.3, 0.4) is 0 Å². The first-order chi connectivity index (χ1) is 16.5. The summed E-state index contributed by atoms with van der Waals surface area (Å²) in [6, 6.07) is 12.9. The number of hydrogen-bond donors (Lipinski definition) is 0. The third-order valence-corrected chi connectivity index (χ3v) is 7.09. The zero-order chi connectivity index (χ0) is 23.7. The Balaban J connectivity index is 1.52. The van der Waals surface area contributed by atoms with Crippen LogP contribution in [0.15, 0.2) is 58.4 Å². The molecule has 0 radical (unpaired) electrons. The molecule has 0 saturated carbocycles. The van der Waals surface area contributed by atoms with Crippen molar-refractivity contribution in [1.29, 1.82) is 0 Å². The zero-order valence-electron chi connectivity index (χ0n) is 18.5. The van der Waals surface area contributed by atoms with Crippen LogP contribution < -0.4 is 15.2 Å². The summed E-state index contributed by atoms with van der Waals surface area (Å²) < 4.78 is 12.6. The molecule has 3 aromatic rings. The lowest BCUT2D eigenvalue weighted by atomic mass is 10.2. The third kappa shape index (κ3) is 4.31. The summed E-state index contributed by atoms with van der Waals surface area (Å²) in [5, 5.41) is 0. The van der Waals surface area contributed by atoms with Crippen LogP contribution >= 0.6 is 24.0 Å². The number of carbonyl (C=O) groups is 1. The first kappa shape index (κ1) is 22.6. The lowest BCUT2D eigenvalue weighted by molar-refractivity contribution is -0.122. The van der Waals surface area contributed by atoms with E-state index < -0.39 is 0 Å². The number of pyridine rings is 1. The SMILES string of the molecule is COc1ccc(CN2C(=O)/C(=C/c3c(N4CCOCC4)nc4ccccn4c3=O)SC2=S)cc1. The van der Waals surface area contributed by atoms with E-state index in [-0.39, 0.29) is 11.5 Å². The molecular formula is C24H22N4O4S2. The first-order valence-corrected chi connectivity index (χ1v) is 12.0. The Morgan fingerprint density at radius 1 is 1.15 bits per heavy atom. The Morgan fingerprint density at radius 2 is 1.91 bits per heavy atom. The molecule has 174 valence electrons. The van der Waals surface area contributed by atoms with Crippen LogP contribution in [0.25, 0.3) is 11.7 Å². The second-order valence-electron chi connectivity index (χ2n) is 7.80. The number of hydrogen-bond acceptors (Lipinski definition) is 8. The number of fused-ring (bicyclic) bond motifs is 1. The maximum Gasteiger partial charge on any atom is 0.267 e. The van der Waals surface area contributed by atoms with Crippen molar-refractivity contribution in [1.82, 2.24) is 14.3 Å². The number of anilines is 1. The van der Waals surface area contributed by atoms with Crippen molar-refractivity contribution in [3.63, 3.8) is 0 Å². The topological polar surface area (TPSA) is 76.4 Å². The predicted octanol–water partition coefficient (Wildman–Crippen LogP) is 2.94. The molecule has 2 aliphatic heterocycles. The van der Waals surface area contributed by atoms with Crippen molar-refractivity contribution in [2.75, 3.05) is 38.3 Å². The molecule has 1 amide bonds. The molecule has 1 aromatic carbocycles. The fourth-order valence-electron chi connectivity index (χ4n) is 3.91. The molecule has 8 nitrogen and oxygen atoms in total. The maximum absolute atomic E-state index is 13.4. The molecule has 0 aliphatic carbocycles. The summed E-state index contributed by atoms with van der Waals surface area (Å²) in [6.07, 6.45) is 3.31. The van der Waals surface area contributed by atoms with Gasteiger partial charge in [0.1, 0.15) is 21.5 Å². The number of ether oxygens (including phenoxy) is 2. The number of morpholine rings is 1. The van der Waals surface area contributed by atoms with E-state index in [1.807, 2.05) is 35.2 Å². The van der Waals surface area contributed by atoms with Crippen LogP contribution in [0.2, 0.25) is 0 Å². The van der Waals surface area contributed by atoms with Crippen LogP contribution in [0, 0.1) is 0 Å². The van der Waals surface area contributed by atoms with Gasteiger partial charge in [-0.05, 0) is 35.9 Å². The normalized spacial score (nSPS) is 17.7. The number of thiocarbonyl (C=S) groups is 1. The molecule has 0 N–H and O–H groups in total. The minimum atomic E-state index is -0.229. The Labute approximate surface area is 205 Å². The molecule has 34 heavy (non-hydrogen) atoms. The van der Waals surface area contributed by atoms with E-state index in [0.717, 1.165) is 11.3 Å². The molecule has 0 unspecified atom stereocenters. The van der Waals surface area contributed by atoms with Gasteiger partial charge in [-0.2, -0.15) is 0 Å². The Morgan fingerprint density at radius 3 is 2.65 bits per heavy atom. The number of nitrogens with zero attached hydrogens (tertiary/aromatic N) is 4. The van der Waals surface area contributed by atoms with E-state index in [1.54, 1.807) is 36.4 Å². The summed E-state index contributed by atoms with van der Waals surface area (Å²) >= 11 is 6.70. The average molecular weight is 495 g/mol.